The summed E-state index contributed by atoms with van der Waals surface area (Å²) in [4.78, 5) is 24.6. The minimum Gasteiger partial charge on any atom is -0.493 e. The number of hydrogen-bond acceptors (Lipinski definition) is 9. The molecule has 0 aromatic heterocycles. The molecule has 2 amide bonds. The Morgan fingerprint density at radius 1 is 1.05 bits per heavy atom. The number of amides is 2. The quantitative estimate of drug-likeness (QED) is 0.113. The molecule has 216 valence electrons. The predicted octanol–water partition coefficient (Wildman–Crippen LogP) is 3.76. The first-order valence-electron chi connectivity index (χ1n) is 13.2. The van der Waals surface area contributed by atoms with E-state index in [9.17, 15) is 14.7 Å². The molecule has 0 spiro atoms. The van der Waals surface area contributed by atoms with Crippen molar-refractivity contribution >= 4 is 29.0 Å². The number of urea groups is 1. The number of hydrogen-bond donors (Lipinski definition) is 4. The van der Waals surface area contributed by atoms with E-state index in [4.69, 9.17) is 18.9 Å². The first kappa shape index (κ1) is 29.2. The number of hydrazone groups is 1. The van der Waals surface area contributed by atoms with Crippen LogP contribution in [0.2, 0.25) is 0 Å². The summed E-state index contributed by atoms with van der Waals surface area (Å²) in [6.07, 6.45) is 0.477. The van der Waals surface area contributed by atoms with E-state index in [0.717, 1.165) is 16.3 Å². The van der Waals surface area contributed by atoms with Crippen LogP contribution in [-0.4, -0.2) is 56.5 Å². The topological polar surface area (TPSA) is 140 Å². The van der Waals surface area contributed by atoms with Crippen molar-refractivity contribution in [2.24, 2.45) is 5.10 Å². The fourth-order valence-corrected chi connectivity index (χ4v) is 4.50. The number of fused-ring (bicyclic) bond motifs is 1. The number of ether oxygens (including phenoxy) is 4. The Hall–Kier alpha value is -4.77. The van der Waals surface area contributed by atoms with Crippen LogP contribution in [0.25, 0.3) is 10.8 Å². The van der Waals surface area contributed by atoms with Gasteiger partial charge in [0.05, 0.1) is 38.2 Å². The van der Waals surface area contributed by atoms with Crippen molar-refractivity contribution in [1.29, 1.82) is 0 Å². The summed E-state index contributed by atoms with van der Waals surface area (Å²) < 4.78 is 22.3. The van der Waals surface area contributed by atoms with Crippen LogP contribution < -0.4 is 30.3 Å². The first-order chi connectivity index (χ1) is 19.9. The molecule has 0 radical (unpaired) electrons. The monoisotopic (exact) mass is 562 g/mol. The van der Waals surface area contributed by atoms with E-state index in [1.54, 1.807) is 31.3 Å². The van der Waals surface area contributed by atoms with Crippen molar-refractivity contribution in [1.82, 2.24) is 16.1 Å². The molecule has 1 heterocycles. The van der Waals surface area contributed by atoms with Crippen molar-refractivity contribution in [3.05, 3.63) is 77.0 Å². The van der Waals surface area contributed by atoms with E-state index >= 15 is 0 Å². The molecule has 0 bridgehead atoms. The number of esters is 1. The zero-order chi connectivity index (χ0) is 29.4. The Balaban J connectivity index is 1.47. The Kier molecular flexibility index (Phi) is 9.64. The molecule has 0 aliphatic carbocycles. The van der Waals surface area contributed by atoms with Gasteiger partial charge in [0.25, 0.3) is 0 Å². The molecule has 11 heteroatoms. The number of aliphatic hydroxyl groups is 1. The molecule has 4 N–H and O–H groups in total. The minimum absolute atomic E-state index is 0.138. The Morgan fingerprint density at radius 3 is 2.54 bits per heavy atom. The van der Waals surface area contributed by atoms with Crippen LogP contribution in [-0.2, 0) is 9.53 Å². The zero-order valence-electron chi connectivity index (χ0n) is 23.4. The van der Waals surface area contributed by atoms with Gasteiger partial charge in [-0.25, -0.2) is 9.59 Å². The van der Waals surface area contributed by atoms with E-state index < -0.39 is 24.3 Å². The third-order valence-electron chi connectivity index (χ3n) is 6.32. The molecule has 0 saturated heterocycles. The highest BCUT2D eigenvalue weighted by Gasteiger charge is 2.32. The van der Waals surface area contributed by atoms with Crippen LogP contribution in [0.15, 0.2) is 71.0 Å². The van der Waals surface area contributed by atoms with Gasteiger partial charge in [-0.05, 0) is 55.3 Å². The van der Waals surface area contributed by atoms with Gasteiger partial charge in [-0.3, -0.25) is 5.43 Å². The van der Waals surface area contributed by atoms with Gasteiger partial charge in [0.1, 0.15) is 12.4 Å². The van der Waals surface area contributed by atoms with Crippen molar-refractivity contribution in [3.8, 4) is 17.2 Å². The molecule has 2 atom stereocenters. The standard InChI is InChI=1S/C30H34N4O7/c1-5-39-23-13-11-19-9-7-8-10-21(19)22(23)16-31-34-26(35)17-41-24-14-12-20(15-25(24)40-6-2)28-27(29(36)38-4)18(3)32-30(37)33-28/h7-16,26,28,34-35H,5-6,17H2,1-4H3,(H2,32,33,37)/b31-16-/t26-,28-/m0/s1. The fourth-order valence-electron chi connectivity index (χ4n) is 4.50. The highest BCUT2D eigenvalue weighted by Crippen LogP contribution is 2.35. The lowest BCUT2D eigenvalue weighted by Gasteiger charge is -2.28. The summed E-state index contributed by atoms with van der Waals surface area (Å²) in [5.74, 6) is 0.875. The third-order valence-corrected chi connectivity index (χ3v) is 6.32. The number of nitrogens with zero attached hydrogens (tertiary/aromatic N) is 1. The molecule has 3 aromatic carbocycles. The smallest absolute Gasteiger partial charge is 0.337 e. The number of methoxy groups -OCH3 is 1. The van der Waals surface area contributed by atoms with Crippen molar-refractivity contribution in [2.75, 3.05) is 26.9 Å². The first-order valence-corrected chi connectivity index (χ1v) is 13.2. The lowest BCUT2D eigenvalue weighted by molar-refractivity contribution is -0.136. The van der Waals surface area contributed by atoms with Crippen molar-refractivity contribution in [3.63, 3.8) is 0 Å². The summed E-state index contributed by atoms with van der Waals surface area (Å²) in [5, 5.41) is 22.1. The van der Waals surface area contributed by atoms with Gasteiger partial charge in [-0.15, -0.1) is 0 Å². The Bertz CT molecular complexity index is 1470. The molecule has 0 fully saturated rings. The molecule has 1 aliphatic rings. The minimum atomic E-state index is -1.13. The van der Waals surface area contributed by atoms with Gasteiger partial charge in [0.15, 0.2) is 17.7 Å². The molecule has 0 unspecified atom stereocenters. The summed E-state index contributed by atoms with van der Waals surface area (Å²) in [5.41, 5.74) is 4.74. The van der Waals surface area contributed by atoms with E-state index in [2.05, 4.69) is 21.2 Å². The summed E-state index contributed by atoms with van der Waals surface area (Å²) in [6.45, 7) is 6.08. The van der Waals surface area contributed by atoms with Gasteiger partial charge in [-0.1, -0.05) is 36.4 Å². The maximum Gasteiger partial charge on any atom is 0.337 e. The van der Waals surface area contributed by atoms with Crippen LogP contribution in [0.1, 0.15) is 37.9 Å². The number of carbonyl (C=O) groups is 2. The fraction of sp³-hybridized carbons (Fsp3) is 0.300. The lowest BCUT2D eigenvalue weighted by atomic mass is 9.95. The van der Waals surface area contributed by atoms with E-state index in [1.165, 1.54) is 7.11 Å². The SMILES string of the molecule is CCOc1cc([C@@H]2NC(=O)NC(C)=C2C(=O)OC)ccc1OC[C@H](O)N/N=C\c1c(OCC)ccc2ccccc12. The second-order valence-electron chi connectivity index (χ2n) is 9.05. The van der Waals surface area contributed by atoms with E-state index in [-0.39, 0.29) is 12.2 Å². The molecular formula is C30H34N4O7. The summed E-state index contributed by atoms with van der Waals surface area (Å²) in [7, 11) is 1.28. The van der Waals surface area contributed by atoms with Crippen LogP contribution in [0, 0.1) is 0 Å². The lowest BCUT2D eigenvalue weighted by Crippen LogP contribution is -2.45. The number of nitrogens with one attached hydrogen (secondary N) is 3. The highest BCUT2D eigenvalue weighted by molar-refractivity contribution is 6.02. The molecule has 11 nitrogen and oxygen atoms in total. The number of rotatable bonds is 12. The van der Waals surface area contributed by atoms with E-state index in [0.29, 0.717) is 41.7 Å². The van der Waals surface area contributed by atoms with Crippen LogP contribution >= 0.6 is 0 Å². The molecule has 3 aromatic rings. The maximum atomic E-state index is 12.4. The molecular weight excluding hydrogens is 528 g/mol. The average Bonchev–Trinajstić information content (AvgIpc) is 2.97. The predicted molar refractivity (Wildman–Crippen MR) is 154 cm³/mol. The number of aliphatic hydroxyl groups excluding tert-OH is 1. The Labute approximate surface area is 238 Å². The summed E-state index contributed by atoms with van der Waals surface area (Å²) >= 11 is 0. The summed E-state index contributed by atoms with van der Waals surface area (Å²) in [6, 6.07) is 15.6. The number of benzene rings is 3. The van der Waals surface area contributed by atoms with Crippen molar-refractivity contribution in [2.45, 2.75) is 33.0 Å². The van der Waals surface area contributed by atoms with Gasteiger partial charge in [0, 0.05) is 11.3 Å². The number of allylic oxidation sites excluding steroid dienone is 1. The van der Waals surface area contributed by atoms with Gasteiger partial charge >= 0.3 is 12.0 Å². The third kappa shape index (κ3) is 6.87. The normalized spacial score (nSPS) is 15.7. The second-order valence-corrected chi connectivity index (χ2v) is 9.05. The van der Waals surface area contributed by atoms with E-state index in [1.807, 2.05) is 50.2 Å². The highest BCUT2D eigenvalue weighted by atomic mass is 16.5. The average molecular weight is 563 g/mol. The van der Waals surface area contributed by atoms with Crippen LogP contribution in [0.3, 0.4) is 0 Å². The van der Waals surface area contributed by atoms with Gasteiger partial charge in [-0.2, -0.15) is 5.10 Å². The molecule has 41 heavy (non-hydrogen) atoms. The molecule has 0 saturated carbocycles. The maximum absolute atomic E-state index is 12.4. The van der Waals surface area contributed by atoms with Crippen molar-refractivity contribution < 1.29 is 33.6 Å². The van der Waals surface area contributed by atoms with Gasteiger partial charge in [0.2, 0.25) is 0 Å². The number of carbonyl (C=O) groups excluding carboxylic acids is 2. The van der Waals surface area contributed by atoms with Gasteiger partial charge < -0.3 is 34.7 Å². The Morgan fingerprint density at radius 2 is 1.78 bits per heavy atom. The molecule has 4 rings (SSSR count). The molecule has 1 aliphatic heterocycles. The second kappa shape index (κ2) is 13.5. The zero-order valence-corrected chi connectivity index (χ0v) is 23.4. The largest absolute Gasteiger partial charge is 0.493 e. The van der Waals surface area contributed by atoms with Crippen LogP contribution in [0.4, 0.5) is 4.79 Å². The van der Waals surface area contributed by atoms with Crippen LogP contribution in [0.5, 0.6) is 17.2 Å².